The van der Waals surface area contributed by atoms with Crippen molar-refractivity contribution in [1.29, 1.82) is 0 Å². The highest BCUT2D eigenvalue weighted by molar-refractivity contribution is 6.42. The van der Waals surface area contributed by atoms with Crippen LogP contribution < -0.4 is 5.73 Å². The zero-order chi connectivity index (χ0) is 10.1. The third kappa shape index (κ3) is 2.77. The van der Waals surface area contributed by atoms with Gasteiger partial charge in [-0.1, -0.05) is 49.2 Å². The minimum atomic E-state index is -0.123. The molecule has 0 spiro atoms. The van der Waals surface area contributed by atoms with E-state index < -0.39 is 0 Å². The first-order chi connectivity index (χ1) is 5.99. The zero-order valence-corrected chi connectivity index (χ0v) is 10.5. The predicted molar refractivity (Wildman–Crippen MR) is 65.8 cm³/mol. The first kappa shape index (κ1) is 14.1. The number of halogens is 3. The van der Waals surface area contributed by atoms with Gasteiger partial charge >= 0.3 is 0 Å². The van der Waals surface area contributed by atoms with Crippen molar-refractivity contribution >= 4 is 35.6 Å². The molecular formula is C10H14Cl3N. The highest BCUT2D eigenvalue weighted by Crippen LogP contribution is 2.33. The van der Waals surface area contributed by atoms with Crippen molar-refractivity contribution in [3.05, 3.63) is 33.8 Å². The molecule has 0 fully saturated rings. The van der Waals surface area contributed by atoms with E-state index in [-0.39, 0.29) is 17.8 Å². The highest BCUT2D eigenvalue weighted by atomic mass is 35.5. The average Bonchev–Trinajstić information content (AvgIpc) is 2.09. The van der Waals surface area contributed by atoms with Crippen molar-refractivity contribution in [1.82, 2.24) is 0 Å². The molecule has 2 N–H and O–H groups in total. The summed E-state index contributed by atoms with van der Waals surface area (Å²) in [4.78, 5) is 0. The molecule has 0 unspecified atom stereocenters. The fourth-order valence-electron chi connectivity index (χ4n) is 1.14. The van der Waals surface area contributed by atoms with Crippen molar-refractivity contribution in [2.45, 2.75) is 19.3 Å². The third-order valence-corrected chi connectivity index (χ3v) is 3.01. The molecule has 0 aliphatic carbocycles. The van der Waals surface area contributed by atoms with E-state index in [0.29, 0.717) is 16.6 Å². The minimum absolute atomic E-state index is 0. The number of rotatable bonds is 2. The van der Waals surface area contributed by atoms with Gasteiger partial charge in [0.15, 0.2) is 0 Å². The number of benzene rings is 1. The zero-order valence-electron chi connectivity index (χ0n) is 8.18. The fraction of sp³-hybridized carbons (Fsp3) is 0.400. The molecule has 1 aromatic rings. The van der Waals surface area contributed by atoms with Crippen LogP contribution >= 0.6 is 35.6 Å². The van der Waals surface area contributed by atoms with E-state index in [1.807, 2.05) is 26.0 Å². The van der Waals surface area contributed by atoms with Gasteiger partial charge in [-0.3, -0.25) is 0 Å². The van der Waals surface area contributed by atoms with E-state index in [1.165, 1.54) is 0 Å². The second-order valence-corrected chi connectivity index (χ2v) is 4.47. The lowest BCUT2D eigenvalue weighted by Crippen LogP contribution is -2.28. The van der Waals surface area contributed by atoms with E-state index >= 15 is 0 Å². The molecule has 0 saturated carbocycles. The smallest absolute Gasteiger partial charge is 0.0630 e. The van der Waals surface area contributed by atoms with Gasteiger partial charge in [-0.15, -0.1) is 12.4 Å². The Morgan fingerprint density at radius 1 is 1.29 bits per heavy atom. The Bertz CT molecular complexity index is 310. The normalized spacial score (nSPS) is 10.9. The summed E-state index contributed by atoms with van der Waals surface area (Å²) in [5.41, 5.74) is 6.54. The first-order valence-corrected chi connectivity index (χ1v) is 4.89. The molecule has 1 rings (SSSR count). The van der Waals surface area contributed by atoms with E-state index in [1.54, 1.807) is 6.07 Å². The van der Waals surface area contributed by atoms with Gasteiger partial charge in [0.25, 0.3) is 0 Å². The lowest BCUT2D eigenvalue weighted by atomic mass is 9.85. The molecule has 0 amide bonds. The van der Waals surface area contributed by atoms with Crippen molar-refractivity contribution in [3.8, 4) is 0 Å². The second kappa shape index (κ2) is 5.22. The van der Waals surface area contributed by atoms with Crippen molar-refractivity contribution < 1.29 is 0 Å². The van der Waals surface area contributed by atoms with E-state index in [4.69, 9.17) is 28.9 Å². The van der Waals surface area contributed by atoms with Crippen molar-refractivity contribution in [2.75, 3.05) is 6.54 Å². The second-order valence-electron chi connectivity index (χ2n) is 3.69. The van der Waals surface area contributed by atoms with E-state index in [9.17, 15) is 0 Å². The Morgan fingerprint density at radius 3 is 2.36 bits per heavy atom. The minimum Gasteiger partial charge on any atom is -0.330 e. The van der Waals surface area contributed by atoms with Gasteiger partial charge in [0.05, 0.1) is 10.0 Å². The number of nitrogens with two attached hydrogens (primary N) is 1. The maximum Gasteiger partial charge on any atom is 0.0630 e. The van der Waals surface area contributed by atoms with Crippen LogP contribution in [0.1, 0.15) is 19.4 Å². The molecule has 80 valence electrons. The van der Waals surface area contributed by atoms with Gasteiger partial charge in [-0.05, 0) is 11.6 Å². The molecule has 1 nitrogen and oxygen atoms in total. The molecule has 0 aliphatic heterocycles. The van der Waals surface area contributed by atoms with Crippen LogP contribution in [-0.4, -0.2) is 6.54 Å². The van der Waals surface area contributed by atoms with Crippen molar-refractivity contribution in [3.63, 3.8) is 0 Å². The summed E-state index contributed by atoms with van der Waals surface area (Å²) in [7, 11) is 0. The van der Waals surface area contributed by atoms with Crippen LogP contribution in [0.4, 0.5) is 0 Å². The van der Waals surface area contributed by atoms with Gasteiger partial charge in [0, 0.05) is 12.0 Å². The average molecular weight is 255 g/mol. The lowest BCUT2D eigenvalue weighted by Gasteiger charge is -2.24. The molecule has 0 aromatic heterocycles. The molecule has 4 heteroatoms. The summed E-state index contributed by atoms with van der Waals surface area (Å²) in [5.74, 6) is 0. The molecule has 1 aromatic carbocycles. The first-order valence-electron chi connectivity index (χ1n) is 4.13. The Balaban J connectivity index is 0.00000169. The maximum absolute atomic E-state index is 6.07. The molecule has 0 aliphatic rings. The van der Waals surface area contributed by atoms with Crippen LogP contribution in [0, 0.1) is 0 Å². The Hall–Kier alpha value is 0.0500. The fourth-order valence-corrected chi connectivity index (χ4v) is 1.69. The van der Waals surface area contributed by atoms with Crippen LogP contribution in [0.3, 0.4) is 0 Å². The largest absolute Gasteiger partial charge is 0.330 e. The van der Waals surface area contributed by atoms with Gasteiger partial charge < -0.3 is 5.73 Å². The summed E-state index contributed by atoms with van der Waals surface area (Å²) in [6, 6.07) is 5.63. The molecule has 0 radical (unpaired) electrons. The Kier molecular flexibility index (Phi) is 5.24. The van der Waals surface area contributed by atoms with Crippen LogP contribution in [0.15, 0.2) is 18.2 Å². The van der Waals surface area contributed by atoms with Crippen LogP contribution in [0.25, 0.3) is 0 Å². The van der Waals surface area contributed by atoms with Crippen LogP contribution in [-0.2, 0) is 5.41 Å². The summed E-state index contributed by atoms with van der Waals surface area (Å²) in [6.45, 7) is 4.64. The van der Waals surface area contributed by atoms with Gasteiger partial charge in [0.2, 0.25) is 0 Å². The van der Waals surface area contributed by atoms with E-state index in [2.05, 4.69) is 0 Å². The summed E-state index contributed by atoms with van der Waals surface area (Å²) < 4.78 is 0. The standard InChI is InChI=1S/C10H13Cl2N.ClH/c1-10(2,6-13)7-4-3-5-8(11)9(7)12;/h3-5H,6,13H2,1-2H3;1H. The molecule has 14 heavy (non-hydrogen) atoms. The quantitative estimate of drug-likeness (QED) is 0.856. The molecule has 0 atom stereocenters. The Labute approximate surface area is 101 Å². The predicted octanol–water partition coefficient (Wildman–Crippen LogP) is 3.65. The summed E-state index contributed by atoms with van der Waals surface area (Å²) in [5, 5.41) is 1.19. The summed E-state index contributed by atoms with van der Waals surface area (Å²) >= 11 is 12.0. The number of hydrogen-bond donors (Lipinski definition) is 1. The molecular weight excluding hydrogens is 240 g/mol. The lowest BCUT2D eigenvalue weighted by molar-refractivity contribution is 0.539. The Morgan fingerprint density at radius 2 is 1.86 bits per heavy atom. The number of hydrogen-bond acceptors (Lipinski definition) is 1. The molecule has 0 saturated heterocycles. The van der Waals surface area contributed by atoms with Gasteiger partial charge in [-0.25, -0.2) is 0 Å². The maximum atomic E-state index is 6.07. The SMILES string of the molecule is CC(C)(CN)c1cccc(Cl)c1Cl.Cl. The molecule has 0 bridgehead atoms. The molecule has 0 heterocycles. The van der Waals surface area contributed by atoms with Crippen LogP contribution in [0.5, 0.6) is 0 Å². The third-order valence-electron chi connectivity index (χ3n) is 2.19. The van der Waals surface area contributed by atoms with Gasteiger partial charge in [0.1, 0.15) is 0 Å². The topological polar surface area (TPSA) is 26.0 Å². The highest BCUT2D eigenvalue weighted by Gasteiger charge is 2.22. The van der Waals surface area contributed by atoms with E-state index in [0.717, 1.165) is 5.56 Å². The van der Waals surface area contributed by atoms with Crippen molar-refractivity contribution in [2.24, 2.45) is 5.73 Å². The van der Waals surface area contributed by atoms with Crippen LogP contribution in [0.2, 0.25) is 10.0 Å². The van der Waals surface area contributed by atoms with Gasteiger partial charge in [-0.2, -0.15) is 0 Å². The summed E-state index contributed by atoms with van der Waals surface area (Å²) in [6.07, 6.45) is 0. The monoisotopic (exact) mass is 253 g/mol.